The van der Waals surface area contributed by atoms with Crippen LogP contribution in [0.2, 0.25) is 0 Å². The van der Waals surface area contributed by atoms with Crippen molar-refractivity contribution in [2.75, 3.05) is 0 Å². The SMILES string of the molecule is C=C(C)C(=O)O.C=CC(=O)Cl.C=Cc1ccccc1. The Morgan fingerprint density at radius 2 is 1.58 bits per heavy atom. The number of hydrogen-bond donors (Lipinski definition) is 1. The molecule has 0 amide bonds. The molecule has 1 aromatic rings. The third-order valence-electron chi connectivity index (χ3n) is 1.56. The summed E-state index contributed by atoms with van der Waals surface area (Å²) in [6.45, 7) is 11.3. The molecule has 0 saturated heterocycles. The van der Waals surface area contributed by atoms with Crippen molar-refractivity contribution in [3.63, 3.8) is 0 Å². The Morgan fingerprint density at radius 1 is 1.21 bits per heavy atom. The van der Waals surface area contributed by atoms with E-state index >= 15 is 0 Å². The van der Waals surface area contributed by atoms with Crippen molar-refractivity contribution < 1.29 is 14.7 Å². The number of carboxylic acid groups (broad SMARTS) is 1. The van der Waals surface area contributed by atoms with Crippen molar-refractivity contribution in [3.8, 4) is 0 Å². The van der Waals surface area contributed by atoms with Crippen molar-refractivity contribution in [3.05, 3.63) is 67.3 Å². The first kappa shape index (κ1) is 19.2. The summed E-state index contributed by atoms with van der Waals surface area (Å²) in [4.78, 5) is 19.1. The molecule has 0 fully saturated rings. The first-order valence-electron chi connectivity index (χ1n) is 5.23. The molecule has 0 saturated carbocycles. The number of carbonyl (C=O) groups excluding carboxylic acids is 1. The van der Waals surface area contributed by atoms with Crippen molar-refractivity contribution in [2.45, 2.75) is 6.92 Å². The van der Waals surface area contributed by atoms with Crippen LogP contribution in [0.3, 0.4) is 0 Å². The zero-order chi connectivity index (χ0) is 15.3. The van der Waals surface area contributed by atoms with E-state index < -0.39 is 11.2 Å². The molecule has 0 spiro atoms. The van der Waals surface area contributed by atoms with Crippen LogP contribution in [0.25, 0.3) is 6.08 Å². The maximum atomic E-state index is 9.60. The highest BCUT2D eigenvalue weighted by Crippen LogP contribution is 1.97. The smallest absolute Gasteiger partial charge is 0.330 e. The van der Waals surface area contributed by atoms with Crippen molar-refractivity contribution in [2.24, 2.45) is 0 Å². The molecule has 3 nitrogen and oxygen atoms in total. The van der Waals surface area contributed by atoms with Crippen LogP contribution in [-0.4, -0.2) is 16.3 Å². The van der Waals surface area contributed by atoms with Gasteiger partial charge in [-0.25, -0.2) is 4.79 Å². The lowest BCUT2D eigenvalue weighted by atomic mass is 10.2. The highest BCUT2D eigenvalue weighted by atomic mass is 35.5. The minimum Gasteiger partial charge on any atom is -0.478 e. The second-order valence-corrected chi connectivity index (χ2v) is 3.58. The van der Waals surface area contributed by atoms with Crippen LogP contribution in [0.15, 0.2) is 61.7 Å². The summed E-state index contributed by atoms with van der Waals surface area (Å²) in [7, 11) is 0. The summed E-state index contributed by atoms with van der Waals surface area (Å²) in [5.74, 6) is -0.935. The number of carbonyl (C=O) groups is 2. The van der Waals surface area contributed by atoms with Gasteiger partial charge in [-0.1, -0.05) is 56.1 Å². The third kappa shape index (κ3) is 15.9. The van der Waals surface area contributed by atoms with Gasteiger partial charge in [0.05, 0.1) is 0 Å². The van der Waals surface area contributed by atoms with Gasteiger partial charge >= 0.3 is 5.97 Å². The molecule has 0 aliphatic heterocycles. The van der Waals surface area contributed by atoms with Crippen LogP contribution in [-0.2, 0) is 9.59 Å². The van der Waals surface area contributed by atoms with Crippen LogP contribution in [0.5, 0.6) is 0 Å². The summed E-state index contributed by atoms with van der Waals surface area (Å²) in [6.07, 6.45) is 2.88. The van der Waals surface area contributed by atoms with Crippen LogP contribution in [0, 0.1) is 0 Å². The van der Waals surface area contributed by atoms with E-state index in [-0.39, 0.29) is 5.57 Å². The number of halogens is 1. The minimum absolute atomic E-state index is 0.176. The van der Waals surface area contributed by atoms with E-state index in [1.807, 2.05) is 36.4 Å². The predicted octanol–water partition coefficient (Wildman–Crippen LogP) is 3.91. The fraction of sp³-hybridized carbons (Fsp3) is 0.0667. The minimum atomic E-state index is -0.935. The largest absolute Gasteiger partial charge is 0.478 e. The lowest BCUT2D eigenvalue weighted by Crippen LogP contribution is -1.92. The fourth-order valence-electron chi connectivity index (χ4n) is 0.589. The molecular weight excluding hydrogens is 264 g/mol. The molecule has 19 heavy (non-hydrogen) atoms. The van der Waals surface area contributed by atoms with E-state index in [1.165, 1.54) is 12.5 Å². The van der Waals surface area contributed by atoms with Gasteiger partial charge in [0.2, 0.25) is 5.24 Å². The molecule has 0 aliphatic rings. The summed E-state index contributed by atoms with van der Waals surface area (Å²) >= 11 is 4.71. The third-order valence-corrected chi connectivity index (χ3v) is 1.72. The second-order valence-electron chi connectivity index (χ2n) is 3.21. The monoisotopic (exact) mass is 280 g/mol. The normalized spacial score (nSPS) is 7.68. The summed E-state index contributed by atoms with van der Waals surface area (Å²) in [5, 5.41) is 7.38. The van der Waals surface area contributed by atoms with E-state index in [9.17, 15) is 9.59 Å². The van der Waals surface area contributed by atoms with Crippen LogP contribution in [0.1, 0.15) is 12.5 Å². The number of rotatable bonds is 3. The molecule has 1 aromatic carbocycles. The number of allylic oxidation sites excluding steroid dienone is 1. The Labute approximate surface area is 118 Å². The molecule has 1 N–H and O–H groups in total. The van der Waals surface area contributed by atoms with E-state index in [0.717, 1.165) is 6.08 Å². The zero-order valence-electron chi connectivity index (χ0n) is 10.8. The average Bonchev–Trinajstić information content (AvgIpc) is 2.40. The lowest BCUT2D eigenvalue weighted by Gasteiger charge is -1.85. The van der Waals surface area contributed by atoms with Crippen LogP contribution >= 0.6 is 11.6 Å². The molecule has 1 rings (SSSR count). The molecule has 0 aromatic heterocycles. The Kier molecular flexibility index (Phi) is 12.5. The fourth-order valence-corrected chi connectivity index (χ4v) is 0.589. The first-order valence-corrected chi connectivity index (χ1v) is 5.61. The van der Waals surface area contributed by atoms with Crippen molar-refractivity contribution in [1.82, 2.24) is 0 Å². The number of carboxylic acids is 1. The van der Waals surface area contributed by atoms with Gasteiger partial charge in [-0.05, 0) is 30.2 Å². The predicted molar refractivity (Wildman–Crippen MR) is 80.0 cm³/mol. The lowest BCUT2D eigenvalue weighted by molar-refractivity contribution is -0.132. The van der Waals surface area contributed by atoms with Gasteiger partial charge in [0, 0.05) is 5.57 Å². The Balaban J connectivity index is 0. The van der Waals surface area contributed by atoms with Gasteiger partial charge in [-0.15, -0.1) is 0 Å². The van der Waals surface area contributed by atoms with E-state index in [0.29, 0.717) is 0 Å². The molecular formula is C15H17ClO3. The number of benzene rings is 1. The molecule has 102 valence electrons. The van der Waals surface area contributed by atoms with E-state index in [1.54, 1.807) is 0 Å². The van der Waals surface area contributed by atoms with Gasteiger partial charge < -0.3 is 5.11 Å². The van der Waals surface area contributed by atoms with Gasteiger partial charge in [-0.3, -0.25) is 4.79 Å². The first-order chi connectivity index (χ1) is 8.84. The Morgan fingerprint density at radius 3 is 1.74 bits per heavy atom. The van der Waals surface area contributed by atoms with Gasteiger partial charge in [0.1, 0.15) is 0 Å². The van der Waals surface area contributed by atoms with Crippen LogP contribution < -0.4 is 0 Å². The quantitative estimate of drug-likeness (QED) is 0.674. The van der Waals surface area contributed by atoms with Gasteiger partial charge in [0.15, 0.2) is 0 Å². The maximum Gasteiger partial charge on any atom is 0.330 e. The summed E-state index contributed by atoms with van der Waals surface area (Å²) < 4.78 is 0. The van der Waals surface area contributed by atoms with Crippen molar-refractivity contribution >= 4 is 28.9 Å². The number of aliphatic carboxylic acids is 1. The van der Waals surface area contributed by atoms with E-state index in [2.05, 4.69) is 19.7 Å². The van der Waals surface area contributed by atoms with Gasteiger partial charge in [0.25, 0.3) is 0 Å². The highest BCUT2D eigenvalue weighted by molar-refractivity contribution is 6.66. The highest BCUT2D eigenvalue weighted by Gasteiger charge is 1.90. The molecule has 0 unspecified atom stereocenters. The van der Waals surface area contributed by atoms with Crippen molar-refractivity contribution in [1.29, 1.82) is 0 Å². The Bertz CT molecular complexity index is 424. The molecule has 0 radical (unpaired) electrons. The number of hydrogen-bond acceptors (Lipinski definition) is 2. The molecule has 4 heteroatoms. The summed E-state index contributed by atoms with van der Waals surface area (Å²) in [5.41, 5.74) is 1.35. The Hall–Kier alpha value is -2.13. The topological polar surface area (TPSA) is 54.4 Å². The summed E-state index contributed by atoms with van der Waals surface area (Å²) in [6, 6.07) is 10.0. The second kappa shape index (κ2) is 12.3. The van der Waals surface area contributed by atoms with E-state index in [4.69, 9.17) is 16.7 Å². The molecule has 0 atom stereocenters. The molecule has 0 aliphatic carbocycles. The zero-order valence-corrected chi connectivity index (χ0v) is 11.6. The molecule has 0 bridgehead atoms. The standard InChI is InChI=1S/C8H8.C4H6O2.C3H3ClO/c1-2-8-6-4-3-5-7-8;1-3(2)4(5)6;1-2-3(4)5/h2-7H,1H2;1H2,2H3,(H,5,6);2H,1H2. The van der Waals surface area contributed by atoms with Crippen LogP contribution in [0.4, 0.5) is 0 Å². The maximum absolute atomic E-state index is 9.60. The van der Waals surface area contributed by atoms with Gasteiger partial charge in [-0.2, -0.15) is 0 Å². The average molecular weight is 281 g/mol. The molecule has 0 heterocycles.